The molecule has 0 aliphatic heterocycles. The maximum atomic E-state index is 12.1. The van der Waals surface area contributed by atoms with Gasteiger partial charge in [-0.2, -0.15) is 5.10 Å². The van der Waals surface area contributed by atoms with E-state index in [0.717, 1.165) is 11.3 Å². The zero-order chi connectivity index (χ0) is 13.1. The second-order valence-corrected chi connectivity index (χ2v) is 4.15. The highest BCUT2D eigenvalue weighted by Crippen LogP contribution is 2.04. The van der Waals surface area contributed by atoms with Crippen LogP contribution < -0.4 is 5.56 Å². The lowest BCUT2D eigenvalue weighted by molar-refractivity contribution is 0.0783. The molecule has 0 saturated carbocycles. The Labute approximate surface area is 104 Å². The quantitative estimate of drug-likeness (QED) is 0.835. The SMILES string of the molecule is Cc1ccc(C(=O)N(C)Cc2cn[nH]c2)c(=O)[nH]1. The molecule has 0 radical (unpaired) electrons. The van der Waals surface area contributed by atoms with Crippen LogP contribution in [-0.2, 0) is 6.54 Å². The molecule has 6 nitrogen and oxygen atoms in total. The first-order valence-electron chi connectivity index (χ1n) is 5.51. The summed E-state index contributed by atoms with van der Waals surface area (Å²) in [4.78, 5) is 27.8. The molecule has 0 saturated heterocycles. The van der Waals surface area contributed by atoms with E-state index >= 15 is 0 Å². The number of amides is 1. The lowest BCUT2D eigenvalue weighted by Crippen LogP contribution is -2.31. The number of nitrogens with zero attached hydrogens (tertiary/aromatic N) is 2. The third-order valence-electron chi connectivity index (χ3n) is 2.61. The lowest BCUT2D eigenvalue weighted by Gasteiger charge is -2.15. The summed E-state index contributed by atoms with van der Waals surface area (Å²) in [6.45, 7) is 2.17. The number of carbonyl (C=O) groups excluding carboxylic acids is 1. The van der Waals surface area contributed by atoms with Crippen molar-refractivity contribution in [1.29, 1.82) is 0 Å². The van der Waals surface area contributed by atoms with Gasteiger partial charge >= 0.3 is 0 Å². The number of rotatable bonds is 3. The number of aryl methyl sites for hydroxylation is 1. The van der Waals surface area contributed by atoms with Crippen molar-refractivity contribution in [2.24, 2.45) is 0 Å². The Morgan fingerprint density at radius 1 is 1.44 bits per heavy atom. The number of nitrogens with one attached hydrogen (secondary N) is 2. The first-order valence-corrected chi connectivity index (χ1v) is 5.51. The van der Waals surface area contributed by atoms with Gasteiger partial charge in [-0.25, -0.2) is 0 Å². The van der Waals surface area contributed by atoms with Gasteiger partial charge in [0.25, 0.3) is 11.5 Å². The van der Waals surface area contributed by atoms with Crippen LogP contribution in [0.15, 0.2) is 29.3 Å². The lowest BCUT2D eigenvalue weighted by atomic mass is 10.2. The number of hydrogen-bond acceptors (Lipinski definition) is 3. The number of hydrogen-bond donors (Lipinski definition) is 2. The van der Waals surface area contributed by atoms with Gasteiger partial charge in [0.2, 0.25) is 0 Å². The molecule has 0 aromatic carbocycles. The van der Waals surface area contributed by atoms with Crippen LogP contribution in [0.25, 0.3) is 0 Å². The maximum Gasteiger partial charge on any atom is 0.260 e. The van der Waals surface area contributed by atoms with Crippen LogP contribution in [0, 0.1) is 6.92 Å². The molecule has 18 heavy (non-hydrogen) atoms. The van der Waals surface area contributed by atoms with Gasteiger partial charge in [0.05, 0.1) is 6.20 Å². The molecular formula is C12H14N4O2. The Morgan fingerprint density at radius 3 is 2.83 bits per heavy atom. The fraction of sp³-hybridized carbons (Fsp3) is 0.250. The van der Waals surface area contributed by atoms with Gasteiger partial charge in [-0.1, -0.05) is 0 Å². The molecule has 0 aliphatic rings. The van der Waals surface area contributed by atoms with Crippen molar-refractivity contribution in [1.82, 2.24) is 20.1 Å². The molecule has 0 aliphatic carbocycles. The molecular weight excluding hydrogens is 232 g/mol. The fourth-order valence-corrected chi connectivity index (χ4v) is 1.66. The molecule has 6 heteroatoms. The molecule has 2 aromatic rings. The molecule has 0 bridgehead atoms. The number of H-pyrrole nitrogens is 2. The number of aromatic nitrogens is 3. The van der Waals surface area contributed by atoms with Crippen molar-refractivity contribution in [3.05, 3.63) is 51.7 Å². The molecule has 0 spiro atoms. The summed E-state index contributed by atoms with van der Waals surface area (Å²) in [5.74, 6) is -0.308. The van der Waals surface area contributed by atoms with Gasteiger partial charge in [0.15, 0.2) is 0 Å². The van der Waals surface area contributed by atoms with Crippen molar-refractivity contribution in [2.75, 3.05) is 7.05 Å². The third-order valence-corrected chi connectivity index (χ3v) is 2.61. The normalized spacial score (nSPS) is 10.3. The van der Waals surface area contributed by atoms with Crippen LogP contribution in [0.2, 0.25) is 0 Å². The smallest absolute Gasteiger partial charge is 0.260 e. The minimum Gasteiger partial charge on any atom is -0.337 e. The minimum atomic E-state index is -0.362. The summed E-state index contributed by atoms with van der Waals surface area (Å²) in [6, 6.07) is 3.25. The van der Waals surface area contributed by atoms with Gasteiger partial charge in [-0.15, -0.1) is 0 Å². The number of carbonyl (C=O) groups is 1. The van der Waals surface area contributed by atoms with E-state index in [1.54, 1.807) is 38.5 Å². The Morgan fingerprint density at radius 2 is 2.22 bits per heavy atom. The van der Waals surface area contributed by atoms with E-state index in [-0.39, 0.29) is 17.0 Å². The zero-order valence-electron chi connectivity index (χ0n) is 10.2. The van der Waals surface area contributed by atoms with Gasteiger partial charge in [0.1, 0.15) is 5.56 Å². The highest BCUT2D eigenvalue weighted by molar-refractivity contribution is 5.93. The van der Waals surface area contributed by atoms with Gasteiger partial charge in [-0.3, -0.25) is 14.7 Å². The van der Waals surface area contributed by atoms with Gasteiger partial charge < -0.3 is 9.88 Å². The van der Waals surface area contributed by atoms with Crippen molar-refractivity contribution < 1.29 is 4.79 Å². The molecule has 2 rings (SSSR count). The third kappa shape index (κ3) is 2.48. The summed E-state index contributed by atoms with van der Waals surface area (Å²) < 4.78 is 0. The van der Waals surface area contributed by atoms with Crippen LogP contribution >= 0.6 is 0 Å². The number of aromatic amines is 2. The van der Waals surface area contributed by atoms with E-state index < -0.39 is 0 Å². The summed E-state index contributed by atoms with van der Waals surface area (Å²) in [5, 5.41) is 6.48. The van der Waals surface area contributed by atoms with Crippen molar-refractivity contribution in [3.63, 3.8) is 0 Å². The monoisotopic (exact) mass is 246 g/mol. The molecule has 2 heterocycles. The van der Waals surface area contributed by atoms with E-state index in [0.29, 0.717) is 6.54 Å². The molecule has 94 valence electrons. The molecule has 1 amide bonds. The van der Waals surface area contributed by atoms with E-state index in [4.69, 9.17) is 0 Å². The van der Waals surface area contributed by atoms with E-state index in [1.165, 1.54) is 4.90 Å². The predicted octanol–water partition coefficient (Wildman–Crippen LogP) is 0.679. The van der Waals surface area contributed by atoms with E-state index in [9.17, 15) is 9.59 Å². The average Bonchev–Trinajstić information content (AvgIpc) is 2.81. The molecule has 0 fully saturated rings. The summed E-state index contributed by atoms with van der Waals surface area (Å²) in [7, 11) is 1.65. The van der Waals surface area contributed by atoms with E-state index in [1.807, 2.05) is 0 Å². The summed E-state index contributed by atoms with van der Waals surface area (Å²) in [6.07, 6.45) is 3.35. The Kier molecular flexibility index (Phi) is 3.27. The first kappa shape index (κ1) is 12.1. The standard InChI is InChI=1S/C12H14N4O2/c1-8-3-4-10(11(17)15-8)12(18)16(2)7-9-5-13-14-6-9/h3-6H,7H2,1-2H3,(H,13,14)(H,15,17). The molecule has 2 aromatic heterocycles. The molecule has 0 unspecified atom stereocenters. The van der Waals surface area contributed by atoms with Crippen molar-refractivity contribution in [3.8, 4) is 0 Å². The fourth-order valence-electron chi connectivity index (χ4n) is 1.66. The highest BCUT2D eigenvalue weighted by atomic mass is 16.2. The van der Waals surface area contributed by atoms with Crippen LogP contribution in [0.1, 0.15) is 21.6 Å². The molecule has 0 atom stereocenters. The van der Waals surface area contributed by atoms with Crippen molar-refractivity contribution in [2.45, 2.75) is 13.5 Å². The predicted molar refractivity (Wildman–Crippen MR) is 66.2 cm³/mol. The second kappa shape index (κ2) is 4.87. The highest BCUT2D eigenvalue weighted by Gasteiger charge is 2.15. The first-order chi connectivity index (χ1) is 8.58. The Bertz CT molecular complexity index is 601. The Hall–Kier alpha value is -2.37. The summed E-state index contributed by atoms with van der Waals surface area (Å²) >= 11 is 0. The minimum absolute atomic E-state index is 0.145. The Balaban J connectivity index is 2.18. The largest absolute Gasteiger partial charge is 0.337 e. The average molecular weight is 246 g/mol. The molecule has 2 N–H and O–H groups in total. The van der Waals surface area contributed by atoms with Crippen LogP contribution in [0.3, 0.4) is 0 Å². The van der Waals surface area contributed by atoms with Gasteiger partial charge in [0, 0.05) is 31.0 Å². The topological polar surface area (TPSA) is 81.8 Å². The maximum absolute atomic E-state index is 12.1. The second-order valence-electron chi connectivity index (χ2n) is 4.15. The van der Waals surface area contributed by atoms with E-state index in [2.05, 4.69) is 15.2 Å². The summed E-state index contributed by atoms with van der Waals surface area (Å²) in [5.41, 5.74) is 1.40. The van der Waals surface area contributed by atoms with Gasteiger partial charge in [-0.05, 0) is 19.1 Å². The van der Waals surface area contributed by atoms with Crippen LogP contribution in [0.5, 0.6) is 0 Å². The van der Waals surface area contributed by atoms with Crippen LogP contribution in [-0.4, -0.2) is 33.0 Å². The zero-order valence-corrected chi connectivity index (χ0v) is 10.2. The van der Waals surface area contributed by atoms with Crippen LogP contribution in [0.4, 0.5) is 0 Å². The number of pyridine rings is 1. The van der Waals surface area contributed by atoms with Crippen molar-refractivity contribution >= 4 is 5.91 Å².